The van der Waals surface area contributed by atoms with E-state index in [4.69, 9.17) is 14.2 Å². The Hall–Kier alpha value is -1.69. The SMILES string of the molecule is CCCCC/C=C\C/C=C\CCCCCCCCC1(CCCCCCCC/C=C\C/C=C\CCCCC)OC[C@H](CN(C)CCCCCC(=O)OC)O1. The van der Waals surface area contributed by atoms with Gasteiger partial charge in [-0.15, -0.1) is 0 Å². The van der Waals surface area contributed by atoms with E-state index in [1.807, 2.05) is 0 Å². The Morgan fingerprint density at radius 3 is 1.51 bits per heavy atom. The first-order valence-electron chi connectivity index (χ1n) is 22.7. The lowest BCUT2D eigenvalue weighted by Crippen LogP contribution is -2.35. The van der Waals surface area contributed by atoms with Crippen LogP contribution in [0.4, 0.5) is 0 Å². The molecule has 5 heteroatoms. The summed E-state index contributed by atoms with van der Waals surface area (Å²) in [5, 5.41) is 0. The maximum absolute atomic E-state index is 11.4. The van der Waals surface area contributed by atoms with Crippen LogP contribution in [0.1, 0.15) is 206 Å². The van der Waals surface area contributed by atoms with Gasteiger partial charge in [0.05, 0.1) is 19.8 Å². The molecule has 0 saturated carbocycles. The van der Waals surface area contributed by atoms with Crippen LogP contribution in [-0.4, -0.2) is 56.6 Å². The van der Waals surface area contributed by atoms with Gasteiger partial charge in [0.15, 0.2) is 5.79 Å². The lowest BCUT2D eigenvalue weighted by atomic mass is 9.98. The van der Waals surface area contributed by atoms with Crippen LogP contribution in [0.15, 0.2) is 48.6 Å². The number of methoxy groups -OCH3 is 1. The molecule has 1 saturated heterocycles. The second kappa shape index (κ2) is 37.2. The Bertz CT molecular complexity index is 877. The summed E-state index contributed by atoms with van der Waals surface area (Å²) < 4.78 is 18.1. The second-order valence-corrected chi connectivity index (χ2v) is 15.8. The molecule has 5 nitrogen and oxygen atoms in total. The molecule has 1 fully saturated rings. The van der Waals surface area contributed by atoms with E-state index in [-0.39, 0.29) is 12.1 Å². The molecule has 0 bridgehead atoms. The summed E-state index contributed by atoms with van der Waals surface area (Å²) in [5.41, 5.74) is 0. The number of rotatable bonds is 38. The lowest BCUT2D eigenvalue weighted by Gasteiger charge is -2.29. The third-order valence-corrected chi connectivity index (χ3v) is 10.6. The molecular weight excluding hydrogens is 655 g/mol. The minimum atomic E-state index is -0.392. The predicted octanol–water partition coefficient (Wildman–Crippen LogP) is 14.2. The van der Waals surface area contributed by atoms with Gasteiger partial charge in [0, 0.05) is 25.8 Å². The molecular formula is C48H87NO4. The average molecular weight is 742 g/mol. The van der Waals surface area contributed by atoms with Crippen LogP contribution in [0.5, 0.6) is 0 Å². The maximum atomic E-state index is 11.4. The minimum Gasteiger partial charge on any atom is -0.469 e. The lowest BCUT2D eigenvalue weighted by molar-refractivity contribution is -0.180. The van der Waals surface area contributed by atoms with E-state index in [1.54, 1.807) is 0 Å². The monoisotopic (exact) mass is 742 g/mol. The number of carbonyl (C=O) groups is 1. The average Bonchev–Trinajstić information content (AvgIpc) is 3.56. The van der Waals surface area contributed by atoms with Crippen molar-refractivity contribution in [2.75, 3.05) is 33.9 Å². The number of nitrogens with zero attached hydrogens (tertiary/aromatic N) is 1. The van der Waals surface area contributed by atoms with Crippen LogP contribution in [0.25, 0.3) is 0 Å². The van der Waals surface area contributed by atoms with Crippen molar-refractivity contribution in [1.82, 2.24) is 4.90 Å². The molecule has 1 aliphatic heterocycles. The second-order valence-electron chi connectivity index (χ2n) is 15.8. The van der Waals surface area contributed by atoms with Gasteiger partial charge >= 0.3 is 5.97 Å². The first-order chi connectivity index (χ1) is 26.0. The van der Waals surface area contributed by atoms with Crippen molar-refractivity contribution in [2.24, 2.45) is 0 Å². The third-order valence-electron chi connectivity index (χ3n) is 10.6. The summed E-state index contributed by atoms with van der Waals surface area (Å²) in [5.74, 6) is -0.498. The minimum absolute atomic E-state index is 0.106. The molecule has 0 aromatic heterocycles. The number of ether oxygens (including phenoxy) is 3. The van der Waals surface area contributed by atoms with E-state index < -0.39 is 5.79 Å². The number of hydrogen-bond donors (Lipinski definition) is 0. The Morgan fingerprint density at radius 1 is 0.604 bits per heavy atom. The zero-order valence-corrected chi connectivity index (χ0v) is 35.6. The fraction of sp³-hybridized carbons (Fsp3) is 0.812. The van der Waals surface area contributed by atoms with Gasteiger partial charge in [-0.25, -0.2) is 0 Å². The molecule has 0 spiro atoms. The first-order valence-corrected chi connectivity index (χ1v) is 22.7. The number of hydrogen-bond acceptors (Lipinski definition) is 5. The van der Waals surface area contributed by atoms with Gasteiger partial charge < -0.3 is 19.1 Å². The summed E-state index contributed by atoms with van der Waals surface area (Å²) in [4.78, 5) is 13.8. The Labute approximate surface area is 329 Å². The highest BCUT2D eigenvalue weighted by Gasteiger charge is 2.40. The van der Waals surface area contributed by atoms with Crippen LogP contribution >= 0.6 is 0 Å². The summed E-state index contributed by atoms with van der Waals surface area (Å²) in [7, 11) is 3.66. The third kappa shape index (κ3) is 31.2. The molecule has 53 heavy (non-hydrogen) atoms. The van der Waals surface area contributed by atoms with Crippen LogP contribution in [0, 0.1) is 0 Å². The van der Waals surface area contributed by atoms with Gasteiger partial charge in [0.1, 0.15) is 0 Å². The summed E-state index contributed by atoms with van der Waals surface area (Å²) >= 11 is 0. The smallest absolute Gasteiger partial charge is 0.305 e. The van der Waals surface area contributed by atoms with E-state index in [0.717, 1.165) is 58.0 Å². The number of esters is 1. The molecule has 0 amide bonds. The van der Waals surface area contributed by atoms with Crippen molar-refractivity contribution in [2.45, 2.75) is 218 Å². The highest BCUT2D eigenvalue weighted by molar-refractivity contribution is 5.68. The molecule has 0 radical (unpaired) electrons. The Balaban J connectivity index is 2.32. The molecule has 1 rings (SSSR count). The van der Waals surface area contributed by atoms with Crippen molar-refractivity contribution < 1.29 is 19.0 Å². The van der Waals surface area contributed by atoms with Gasteiger partial charge in [0.2, 0.25) is 0 Å². The fourth-order valence-electron chi connectivity index (χ4n) is 7.23. The van der Waals surface area contributed by atoms with Gasteiger partial charge in [-0.2, -0.15) is 0 Å². The standard InChI is InChI=1S/C48H87NO4/c1-5-7-9-11-13-15-17-19-21-23-25-27-29-31-33-37-41-48(52-45-46(53-48)44-49(3)43-39-35-36-40-47(50)51-4)42-38-34-32-30-28-26-24-22-20-18-16-14-12-10-8-6-2/h13-16,19-22,46H,5-12,17-18,23-45H2,1-4H3/b15-13-,16-14-,21-19-,22-20-/t46-/m0/s1. The van der Waals surface area contributed by atoms with E-state index in [9.17, 15) is 4.79 Å². The molecule has 0 aromatic carbocycles. The van der Waals surface area contributed by atoms with Crippen LogP contribution in [0.2, 0.25) is 0 Å². The van der Waals surface area contributed by atoms with Crippen LogP contribution in [0.3, 0.4) is 0 Å². The molecule has 0 unspecified atom stereocenters. The Morgan fingerprint density at radius 2 is 1.04 bits per heavy atom. The van der Waals surface area contributed by atoms with Gasteiger partial charge in [-0.1, -0.05) is 146 Å². The van der Waals surface area contributed by atoms with Crippen molar-refractivity contribution in [3.63, 3.8) is 0 Å². The zero-order chi connectivity index (χ0) is 38.3. The topological polar surface area (TPSA) is 48.0 Å². The van der Waals surface area contributed by atoms with Crippen molar-refractivity contribution in [3.8, 4) is 0 Å². The van der Waals surface area contributed by atoms with E-state index in [1.165, 1.54) is 148 Å². The van der Waals surface area contributed by atoms with Crippen LogP contribution < -0.4 is 0 Å². The van der Waals surface area contributed by atoms with Gasteiger partial charge in [0.25, 0.3) is 0 Å². The fourth-order valence-corrected chi connectivity index (χ4v) is 7.23. The number of allylic oxidation sites excluding steroid dienone is 8. The first kappa shape index (κ1) is 49.3. The highest BCUT2D eigenvalue weighted by atomic mass is 16.7. The van der Waals surface area contributed by atoms with E-state index in [2.05, 4.69) is 74.4 Å². The maximum Gasteiger partial charge on any atom is 0.305 e. The summed E-state index contributed by atoms with van der Waals surface area (Å²) in [6, 6.07) is 0. The normalized spacial score (nSPS) is 16.1. The predicted molar refractivity (Wildman–Crippen MR) is 229 cm³/mol. The molecule has 0 aliphatic carbocycles. The van der Waals surface area contributed by atoms with Gasteiger partial charge in [-0.3, -0.25) is 4.79 Å². The van der Waals surface area contributed by atoms with Crippen molar-refractivity contribution in [3.05, 3.63) is 48.6 Å². The van der Waals surface area contributed by atoms with E-state index in [0.29, 0.717) is 13.0 Å². The molecule has 1 aliphatic rings. The summed E-state index contributed by atoms with van der Waals surface area (Å²) in [6.07, 6.45) is 55.0. The number of unbranched alkanes of at least 4 members (excludes halogenated alkanes) is 20. The quantitative estimate of drug-likeness (QED) is 0.0358. The Kier molecular flexibility index (Phi) is 34.7. The van der Waals surface area contributed by atoms with E-state index >= 15 is 0 Å². The van der Waals surface area contributed by atoms with Crippen LogP contribution in [-0.2, 0) is 19.0 Å². The molecule has 0 aromatic rings. The number of likely N-dealkylation sites (N-methyl/N-ethyl adjacent to an activating group) is 1. The molecule has 1 heterocycles. The van der Waals surface area contributed by atoms with Gasteiger partial charge in [-0.05, 0) is 103 Å². The number of carbonyl (C=O) groups excluding carboxylic acids is 1. The molecule has 1 atom stereocenters. The molecule has 0 N–H and O–H groups in total. The van der Waals surface area contributed by atoms with Crippen molar-refractivity contribution >= 4 is 5.97 Å². The van der Waals surface area contributed by atoms with Crippen molar-refractivity contribution in [1.29, 1.82) is 0 Å². The summed E-state index contributed by atoms with van der Waals surface area (Å²) in [6.45, 7) is 7.16. The highest BCUT2D eigenvalue weighted by Crippen LogP contribution is 2.35. The largest absolute Gasteiger partial charge is 0.469 e. The zero-order valence-electron chi connectivity index (χ0n) is 35.6. The molecule has 308 valence electrons.